The van der Waals surface area contributed by atoms with E-state index in [2.05, 4.69) is 0 Å². The van der Waals surface area contributed by atoms with E-state index < -0.39 is 0 Å². The molecule has 4 heteroatoms. The minimum atomic E-state index is -0.198. The average Bonchev–Trinajstić information content (AvgIpc) is 2.31. The highest BCUT2D eigenvalue weighted by atomic mass is 16.7. The topological polar surface area (TPSA) is 64.7 Å². The van der Waals surface area contributed by atoms with Gasteiger partial charge in [0.05, 0.1) is 12.7 Å². The van der Waals surface area contributed by atoms with Gasteiger partial charge in [-0.2, -0.15) is 0 Å². The first-order valence-electron chi connectivity index (χ1n) is 5.40. The van der Waals surface area contributed by atoms with Gasteiger partial charge in [0.1, 0.15) is 5.75 Å². The van der Waals surface area contributed by atoms with Crippen LogP contribution in [-0.2, 0) is 11.2 Å². The molecule has 1 unspecified atom stereocenters. The smallest absolute Gasteiger partial charge is 0.189 e. The summed E-state index contributed by atoms with van der Waals surface area (Å²) in [4.78, 5) is 0. The van der Waals surface area contributed by atoms with E-state index in [1.54, 1.807) is 6.92 Å². The Morgan fingerprint density at radius 3 is 2.56 bits per heavy atom. The van der Waals surface area contributed by atoms with E-state index in [9.17, 15) is 0 Å². The summed E-state index contributed by atoms with van der Waals surface area (Å²) >= 11 is 0. The second kappa shape index (κ2) is 7.22. The first-order chi connectivity index (χ1) is 7.76. The van der Waals surface area contributed by atoms with Crippen molar-refractivity contribution in [3.8, 4) is 5.75 Å². The lowest BCUT2D eigenvalue weighted by molar-refractivity contribution is -0.0483. The molecular weight excluding hydrogens is 206 g/mol. The van der Waals surface area contributed by atoms with E-state index >= 15 is 0 Å². The molecule has 0 aliphatic heterocycles. The Hall–Kier alpha value is -1.10. The maximum Gasteiger partial charge on any atom is 0.189 e. The standard InChI is InChI=1S/C12H19NO3/c1-10(8-14)15-9-16-12-4-2-11(3-5-12)6-7-13/h2-5,10,14H,6-9,13H2,1H3. The summed E-state index contributed by atoms with van der Waals surface area (Å²) in [5, 5.41) is 8.74. The number of hydrogen-bond acceptors (Lipinski definition) is 4. The number of aliphatic hydroxyl groups is 1. The molecule has 1 atom stereocenters. The Balaban J connectivity index is 2.31. The van der Waals surface area contributed by atoms with Crippen LogP contribution >= 0.6 is 0 Å². The van der Waals surface area contributed by atoms with Crippen LogP contribution in [0.2, 0.25) is 0 Å². The molecule has 0 amide bonds. The summed E-state index contributed by atoms with van der Waals surface area (Å²) in [6.45, 7) is 2.59. The molecule has 0 radical (unpaired) electrons. The molecule has 0 saturated heterocycles. The van der Waals surface area contributed by atoms with Crippen molar-refractivity contribution < 1.29 is 14.6 Å². The van der Waals surface area contributed by atoms with E-state index in [0.29, 0.717) is 6.54 Å². The molecule has 1 rings (SSSR count). The molecule has 16 heavy (non-hydrogen) atoms. The van der Waals surface area contributed by atoms with Gasteiger partial charge in [0.25, 0.3) is 0 Å². The van der Waals surface area contributed by atoms with Crippen LogP contribution in [0.25, 0.3) is 0 Å². The first kappa shape index (κ1) is 13.0. The van der Waals surface area contributed by atoms with E-state index in [1.165, 1.54) is 5.56 Å². The number of rotatable bonds is 7. The van der Waals surface area contributed by atoms with Gasteiger partial charge in [0.2, 0.25) is 0 Å². The molecule has 0 aliphatic carbocycles. The predicted octanol–water partition coefficient (Wildman–Crippen LogP) is 0.921. The Morgan fingerprint density at radius 2 is 2.00 bits per heavy atom. The Kier molecular flexibility index (Phi) is 5.85. The lowest BCUT2D eigenvalue weighted by Crippen LogP contribution is -2.16. The third-order valence-corrected chi connectivity index (χ3v) is 2.19. The molecule has 1 aromatic carbocycles. The minimum Gasteiger partial charge on any atom is -0.468 e. The number of ether oxygens (including phenoxy) is 2. The molecule has 0 bridgehead atoms. The maximum absolute atomic E-state index is 8.74. The van der Waals surface area contributed by atoms with Gasteiger partial charge < -0.3 is 20.3 Å². The van der Waals surface area contributed by atoms with Crippen molar-refractivity contribution in [3.63, 3.8) is 0 Å². The molecule has 0 aliphatic rings. The molecule has 1 aromatic rings. The Morgan fingerprint density at radius 1 is 1.31 bits per heavy atom. The fourth-order valence-corrected chi connectivity index (χ4v) is 1.19. The largest absolute Gasteiger partial charge is 0.468 e. The fourth-order valence-electron chi connectivity index (χ4n) is 1.19. The van der Waals surface area contributed by atoms with Gasteiger partial charge in [0.15, 0.2) is 6.79 Å². The molecule has 0 spiro atoms. The normalized spacial score (nSPS) is 12.4. The average molecular weight is 225 g/mol. The van der Waals surface area contributed by atoms with E-state index in [1.807, 2.05) is 24.3 Å². The van der Waals surface area contributed by atoms with Gasteiger partial charge in [-0.15, -0.1) is 0 Å². The van der Waals surface area contributed by atoms with Crippen molar-refractivity contribution in [2.45, 2.75) is 19.4 Å². The Labute approximate surface area is 96.0 Å². The Bertz CT molecular complexity index is 287. The van der Waals surface area contributed by atoms with Gasteiger partial charge in [-0.1, -0.05) is 12.1 Å². The van der Waals surface area contributed by atoms with Crippen LogP contribution in [0.1, 0.15) is 12.5 Å². The predicted molar refractivity (Wildman–Crippen MR) is 62.3 cm³/mol. The van der Waals surface area contributed by atoms with Crippen LogP contribution in [0.5, 0.6) is 5.75 Å². The first-order valence-corrected chi connectivity index (χ1v) is 5.40. The van der Waals surface area contributed by atoms with Crippen molar-refractivity contribution in [2.24, 2.45) is 5.73 Å². The minimum absolute atomic E-state index is 0.00119. The SMILES string of the molecule is CC(CO)OCOc1ccc(CCN)cc1. The summed E-state index contributed by atoms with van der Waals surface area (Å²) < 4.78 is 10.5. The molecule has 4 nitrogen and oxygen atoms in total. The third kappa shape index (κ3) is 4.61. The lowest BCUT2D eigenvalue weighted by atomic mass is 10.1. The maximum atomic E-state index is 8.74. The van der Waals surface area contributed by atoms with Crippen molar-refractivity contribution in [1.82, 2.24) is 0 Å². The summed E-state index contributed by atoms with van der Waals surface area (Å²) in [6, 6.07) is 7.74. The van der Waals surface area contributed by atoms with Crippen molar-refractivity contribution in [3.05, 3.63) is 29.8 Å². The van der Waals surface area contributed by atoms with Gasteiger partial charge in [-0.25, -0.2) is 0 Å². The second-order valence-electron chi connectivity index (χ2n) is 3.60. The van der Waals surface area contributed by atoms with Gasteiger partial charge in [-0.05, 0) is 37.6 Å². The van der Waals surface area contributed by atoms with Crippen molar-refractivity contribution in [2.75, 3.05) is 19.9 Å². The number of aliphatic hydroxyl groups excluding tert-OH is 1. The van der Waals surface area contributed by atoms with Crippen LogP contribution in [0.3, 0.4) is 0 Å². The lowest BCUT2D eigenvalue weighted by Gasteiger charge is -2.11. The highest BCUT2D eigenvalue weighted by molar-refractivity contribution is 5.27. The number of hydrogen-bond donors (Lipinski definition) is 2. The van der Waals surface area contributed by atoms with Gasteiger partial charge >= 0.3 is 0 Å². The van der Waals surface area contributed by atoms with Crippen molar-refractivity contribution in [1.29, 1.82) is 0 Å². The molecule has 90 valence electrons. The highest BCUT2D eigenvalue weighted by Crippen LogP contribution is 2.12. The second-order valence-corrected chi connectivity index (χ2v) is 3.60. The van der Waals surface area contributed by atoms with E-state index in [4.69, 9.17) is 20.3 Å². The summed E-state index contributed by atoms with van der Waals surface area (Å²) in [5.74, 6) is 0.755. The van der Waals surface area contributed by atoms with Crippen LogP contribution in [0.4, 0.5) is 0 Å². The van der Waals surface area contributed by atoms with E-state index in [0.717, 1.165) is 12.2 Å². The molecule has 0 saturated carbocycles. The molecule has 3 N–H and O–H groups in total. The highest BCUT2D eigenvalue weighted by Gasteiger charge is 1.99. The van der Waals surface area contributed by atoms with Gasteiger partial charge in [0, 0.05) is 0 Å². The van der Waals surface area contributed by atoms with Crippen LogP contribution in [-0.4, -0.2) is 31.2 Å². The molecule has 0 aromatic heterocycles. The summed E-state index contributed by atoms with van der Waals surface area (Å²) in [5.41, 5.74) is 6.65. The molecule has 0 heterocycles. The number of nitrogens with two attached hydrogens (primary N) is 1. The van der Waals surface area contributed by atoms with Crippen LogP contribution in [0.15, 0.2) is 24.3 Å². The zero-order valence-electron chi connectivity index (χ0n) is 9.56. The molecular formula is C12H19NO3. The third-order valence-electron chi connectivity index (χ3n) is 2.19. The monoisotopic (exact) mass is 225 g/mol. The van der Waals surface area contributed by atoms with Crippen LogP contribution < -0.4 is 10.5 Å². The van der Waals surface area contributed by atoms with Crippen molar-refractivity contribution >= 4 is 0 Å². The fraction of sp³-hybridized carbons (Fsp3) is 0.500. The zero-order chi connectivity index (χ0) is 11.8. The number of benzene rings is 1. The van der Waals surface area contributed by atoms with Crippen LogP contribution in [0, 0.1) is 0 Å². The quantitative estimate of drug-likeness (QED) is 0.677. The molecule has 0 fully saturated rings. The van der Waals surface area contributed by atoms with Gasteiger partial charge in [-0.3, -0.25) is 0 Å². The summed E-state index contributed by atoms with van der Waals surface area (Å²) in [6.07, 6.45) is 0.676. The van der Waals surface area contributed by atoms with E-state index in [-0.39, 0.29) is 19.5 Å². The zero-order valence-corrected chi connectivity index (χ0v) is 9.56. The summed E-state index contributed by atoms with van der Waals surface area (Å²) in [7, 11) is 0.